The highest BCUT2D eigenvalue weighted by Gasteiger charge is 2.12. The average molecular weight is 279 g/mol. The summed E-state index contributed by atoms with van der Waals surface area (Å²) in [6.45, 7) is 1.82. The van der Waals surface area contributed by atoms with Crippen LogP contribution in [-0.4, -0.2) is 16.0 Å². The van der Waals surface area contributed by atoms with Crippen molar-refractivity contribution in [3.8, 4) is 0 Å². The van der Waals surface area contributed by atoms with E-state index in [0.29, 0.717) is 22.0 Å². The minimum absolute atomic E-state index is 0.140. The maximum absolute atomic E-state index is 13.8. The zero-order chi connectivity index (χ0) is 13.8. The van der Waals surface area contributed by atoms with Crippen LogP contribution in [0.15, 0.2) is 45.3 Å². The largest absolute Gasteiger partial charge is 0.328 e. The first kappa shape index (κ1) is 13.8. The van der Waals surface area contributed by atoms with Crippen molar-refractivity contribution in [2.24, 2.45) is 5.73 Å². The molecule has 1 heterocycles. The molecule has 4 nitrogen and oxygen atoms in total. The maximum Gasteiger partial charge on any atom is 0.251 e. The monoisotopic (exact) mass is 279 g/mol. The maximum atomic E-state index is 13.8. The molecule has 0 aliphatic carbocycles. The van der Waals surface area contributed by atoms with Gasteiger partial charge in [0.05, 0.1) is 0 Å². The molecule has 0 aliphatic rings. The second-order valence-corrected chi connectivity index (χ2v) is 5.27. The first-order valence-electron chi connectivity index (χ1n) is 5.82. The predicted molar refractivity (Wildman–Crippen MR) is 72.7 cm³/mol. The van der Waals surface area contributed by atoms with E-state index in [0.717, 1.165) is 0 Å². The lowest BCUT2D eigenvalue weighted by atomic mass is 10.1. The van der Waals surface area contributed by atoms with E-state index in [2.05, 4.69) is 9.97 Å². The van der Waals surface area contributed by atoms with E-state index in [9.17, 15) is 9.18 Å². The molecule has 0 saturated heterocycles. The molecular weight excluding hydrogens is 265 g/mol. The normalized spacial score (nSPS) is 12.4. The number of aromatic amines is 1. The van der Waals surface area contributed by atoms with Gasteiger partial charge in [0.25, 0.3) is 5.56 Å². The van der Waals surface area contributed by atoms with Gasteiger partial charge in [-0.05, 0) is 25.5 Å². The topological polar surface area (TPSA) is 71.8 Å². The summed E-state index contributed by atoms with van der Waals surface area (Å²) < 4.78 is 13.8. The summed E-state index contributed by atoms with van der Waals surface area (Å²) in [6.07, 6.45) is 1.86. The minimum Gasteiger partial charge on any atom is -0.328 e. The van der Waals surface area contributed by atoms with Crippen molar-refractivity contribution in [1.29, 1.82) is 0 Å². The highest BCUT2D eigenvalue weighted by molar-refractivity contribution is 7.99. The lowest BCUT2D eigenvalue weighted by Crippen LogP contribution is -2.19. The third-order valence-electron chi connectivity index (χ3n) is 2.46. The van der Waals surface area contributed by atoms with Crippen molar-refractivity contribution in [2.45, 2.75) is 29.4 Å². The SMILES string of the molecule is CC(N)Cc1c(F)cccc1Sc1nccc(=O)[nH]1. The quantitative estimate of drug-likeness (QED) is 0.839. The van der Waals surface area contributed by atoms with E-state index in [-0.39, 0.29) is 17.4 Å². The molecule has 1 aromatic carbocycles. The fourth-order valence-corrected chi connectivity index (χ4v) is 2.59. The van der Waals surface area contributed by atoms with Gasteiger partial charge in [-0.25, -0.2) is 9.37 Å². The van der Waals surface area contributed by atoms with Crippen LogP contribution in [0.1, 0.15) is 12.5 Å². The summed E-state index contributed by atoms with van der Waals surface area (Å²) in [7, 11) is 0. The number of nitrogens with one attached hydrogen (secondary N) is 1. The van der Waals surface area contributed by atoms with E-state index in [1.54, 1.807) is 12.1 Å². The third kappa shape index (κ3) is 3.65. The first-order valence-corrected chi connectivity index (χ1v) is 6.64. The number of nitrogens with two attached hydrogens (primary N) is 1. The number of aromatic nitrogens is 2. The van der Waals surface area contributed by atoms with Crippen molar-refractivity contribution in [3.63, 3.8) is 0 Å². The molecular formula is C13H14FN3OS. The summed E-state index contributed by atoms with van der Waals surface area (Å²) in [5.41, 5.74) is 6.05. The van der Waals surface area contributed by atoms with Crippen LogP contribution in [-0.2, 0) is 6.42 Å². The molecule has 0 saturated carbocycles. The van der Waals surface area contributed by atoms with Gasteiger partial charge in [0.15, 0.2) is 5.16 Å². The molecule has 0 fully saturated rings. The number of nitrogens with zero attached hydrogens (tertiary/aromatic N) is 1. The second-order valence-electron chi connectivity index (χ2n) is 4.24. The molecule has 1 unspecified atom stereocenters. The van der Waals surface area contributed by atoms with Crippen LogP contribution >= 0.6 is 11.8 Å². The van der Waals surface area contributed by atoms with Gasteiger partial charge < -0.3 is 10.7 Å². The third-order valence-corrected chi connectivity index (χ3v) is 3.46. The fourth-order valence-electron chi connectivity index (χ4n) is 1.66. The lowest BCUT2D eigenvalue weighted by Gasteiger charge is -2.11. The molecule has 2 aromatic rings. The van der Waals surface area contributed by atoms with Crippen molar-refractivity contribution >= 4 is 11.8 Å². The Hall–Kier alpha value is -1.66. The molecule has 0 radical (unpaired) electrons. The smallest absolute Gasteiger partial charge is 0.251 e. The molecule has 0 bridgehead atoms. The second kappa shape index (κ2) is 5.99. The van der Waals surface area contributed by atoms with E-state index in [1.807, 2.05) is 6.92 Å². The number of hydrogen-bond donors (Lipinski definition) is 2. The number of hydrogen-bond acceptors (Lipinski definition) is 4. The van der Waals surface area contributed by atoms with E-state index < -0.39 is 0 Å². The van der Waals surface area contributed by atoms with Gasteiger partial charge in [-0.2, -0.15) is 0 Å². The first-order chi connectivity index (χ1) is 9.06. The highest BCUT2D eigenvalue weighted by atomic mass is 32.2. The van der Waals surface area contributed by atoms with Crippen LogP contribution in [0.5, 0.6) is 0 Å². The Morgan fingerprint density at radius 3 is 2.95 bits per heavy atom. The summed E-state index contributed by atoms with van der Waals surface area (Å²) in [6, 6.07) is 6.02. The van der Waals surface area contributed by atoms with Crippen molar-refractivity contribution < 1.29 is 4.39 Å². The molecule has 0 amide bonds. The van der Waals surface area contributed by atoms with Gasteiger partial charge in [0, 0.05) is 28.8 Å². The van der Waals surface area contributed by atoms with Crippen LogP contribution < -0.4 is 11.3 Å². The lowest BCUT2D eigenvalue weighted by molar-refractivity contribution is 0.588. The van der Waals surface area contributed by atoms with Gasteiger partial charge in [-0.15, -0.1) is 0 Å². The minimum atomic E-state index is -0.291. The van der Waals surface area contributed by atoms with E-state index in [4.69, 9.17) is 5.73 Å². The van der Waals surface area contributed by atoms with Crippen LogP contribution in [0.25, 0.3) is 0 Å². The summed E-state index contributed by atoms with van der Waals surface area (Å²) in [4.78, 5) is 18.6. The van der Waals surface area contributed by atoms with E-state index >= 15 is 0 Å². The number of H-pyrrole nitrogens is 1. The average Bonchev–Trinajstić information content (AvgIpc) is 2.33. The van der Waals surface area contributed by atoms with Crippen LogP contribution in [0.3, 0.4) is 0 Å². The molecule has 1 atom stereocenters. The summed E-state index contributed by atoms with van der Waals surface area (Å²) >= 11 is 1.22. The van der Waals surface area contributed by atoms with Crippen LogP contribution in [0.2, 0.25) is 0 Å². The number of halogens is 1. The van der Waals surface area contributed by atoms with Gasteiger partial charge in [0.1, 0.15) is 5.82 Å². The van der Waals surface area contributed by atoms with Gasteiger partial charge >= 0.3 is 0 Å². The highest BCUT2D eigenvalue weighted by Crippen LogP contribution is 2.29. The zero-order valence-corrected chi connectivity index (χ0v) is 11.2. The molecule has 100 valence electrons. The Bertz CT molecular complexity index is 627. The number of rotatable bonds is 4. The summed E-state index contributed by atoms with van der Waals surface area (Å²) in [5, 5.41) is 0.434. The number of benzene rings is 1. The van der Waals surface area contributed by atoms with E-state index in [1.165, 1.54) is 30.1 Å². The van der Waals surface area contributed by atoms with Crippen molar-refractivity contribution in [1.82, 2.24) is 9.97 Å². The van der Waals surface area contributed by atoms with Crippen LogP contribution in [0, 0.1) is 5.82 Å². The van der Waals surface area contributed by atoms with Crippen LogP contribution in [0.4, 0.5) is 4.39 Å². The molecule has 6 heteroatoms. The van der Waals surface area contributed by atoms with Gasteiger partial charge in [0.2, 0.25) is 0 Å². The van der Waals surface area contributed by atoms with Gasteiger partial charge in [-0.1, -0.05) is 17.8 Å². The Labute approximate surface area is 114 Å². The molecule has 2 rings (SSSR count). The molecule has 0 spiro atoms. The Balaban J connectivity index is 2.34. The Morgan fingerprint density at radius 2 is 2.26 bits per heavy atom. The Kier molecular flexibility index (Phi) is 4.34. The molecule has 1 aromatic heterocycles. The molecule has 19 heavy (non-hydrogen) atoms. The zero-order valence-electron chi connectivity index (χ0n) is 10.4. The van der Waals surface area contributed by atoms with Gasteiger partial charge in [-0.3, -0.25) is 4.79 Å². The predicted octanol–water partition coefficient (Wildman–Crippen LogP) is 1.95. The fraction of sp³-hybridized carbons (Fsp3) is 0.231. The Morgan fingerprint density at radius 1 is 1.47 bits per heavy atom. The molecule has 3 N–H and O–H groups in total. The standard InChI is InChI=1S/C13H14FN3OS/c1-8(15)7-9-10(14)3-2-4-11(9)19-13-16-6-5-12(18)17-13/h2-6,8H,7,15H2,1H3,(H,16,17,18). The van der Waals surface area contributed by atoms with Crippen molar-refractivity contribution in [2.75, 3.05) is 0 Å². The van der Waals surface area contributed by atoms with Crippen molar-refractivity contribution in [3.05, 3.63) is 52.2 Å². The molecule has 0 aliphatic heterocycles. The summed E-state index contributed by atoms with van der Waals surface area (Å²) in [5.74, 6) is -0.291.